The summed E-state index contributed by atoms with van der Waals surface area (Å²) in [6, 6.07) is 5.85. The normalized spacial score (nSPS) is 10.7. The Bertz CT molecular complexity index is 401. The molecule has 0 unspecified atom stereocenters. The molecule has 0 saturated heterocycles. The summed E-state index contributed by atoms with van der Waals surface area (Å²) in [5.41, 5.74) is 2.80. The van der Waals surface area contributed by atoms with E-state index in [1.807, 2.05) is 32.0 Å². The topological polar surface area (TPSA) is 44.8 Å². The van der Waals surface area contributed by atoms with Gasteiger partial charge in [-0.3, -0.25) is 4.79 Å². The SMILES string of the molecule is COCCOCCOCC(=O)c1cc(C)ccc1C. The van der Waals surface area contributed by atoms with Gasteiger partial charge in [0.2, 0.25) is 0 Å². The Morgan fingerprint density at radius 1 is 1.05 bits per heavy atom. The van der Waals surface area contributed by atoms with E-state index >= 15 is 0 Å². The Balaban J connectivity index is 2.26. The van der Waals surface area contributed by atoms with Gasteiger partial charge in [-0.1, -0.05) is 17.7 Å². The highest BCUT2D eigenvalue weighted by Gasteiger charge is 2.09. The van der Waals surface area contributed by atoms with E-state index in [0.717, 1.165) is 16.7 Å². The Kier molecular flexibility index (Phi) is 7.33. The number of hydrogen-bond acceptors (Lipinski definition) is 4. The van der Waals surface area contributed by atoms with Crippen LogP contribution in [0.2, 0.25) is 0 Å². The van der Waals surface area contributed by atoms with E-state index in [1.165, 1.54) is 0 Å². The van der Waals surface area contributed by atoms with Crippen molar-refractivity contribution in [1.29, 1.82) is 0 Å². The van der Waals surface area contributed by atoms with E-state index < -0.39 is 0 Å². The maximum atomic E-state index is 12.0. The van der Waals surface area contributed by atoms with E-state index in [-0.39, 0.29) is 12.4 Å². The van der Waals surface area contributed by atoms with Crippen LogP contribution in [-0.2, 0) is 14.2 Å². The third-order valence-electron chi connectivity index (χ3n) is 2.73. The third kappa shape index (κ3) is 5.96. The molecule has 4 heteroatoms. The average Bonchev–Trinajstić information content (AvgIpc) is 2.40. The Morgan fingerprint density at radius 3 is 2.47 bits per heavy atom. The molecule has 0 aliphatic carbocycles. The van der Waals surface area contributed by atoms with Gasteiger partial charge in [-0.25, -0.2) is 0 Å². The first-order chi connectivity index (χ1) is 9.15. The minimum Gasteiger partial charge on any atom is -0.382 e. The van der Waals surface area contributed by atoms with Crippen molar-refractivity contribution >= 4 is 5.78 Å². The fraction of sp³-hybridized carbons (Fsp3) is 0.533. The maximum Gasteiger partial charge on any atom is 0.188 e. The van der Waals surface area contributed by atoms with Crippen LogP contribution in [0, 0.1) is 13.8 Å². The van der Waals surface area contributed by atoms with E-state index in [1.54, 1.807) is 7.11 Å². The number of aryl methyl sites for hydroxylation is 2. The second-order valence-corrected chi connectivity index (χ2v) is 4.40. The lowest BCUT2D eigenvalue weighted by Gasteiger charge is -2.07. The Hall–Kier alpha value is -1.23. The van der Waals surface area contributed by atoms with Crippen molar-refractivity contribution < 1.29 is 19.0 Å². The number of benzene rings is 1. The molecule has 0 aliphatic heterocycles. The summed E-state index contributed by atoms with van der Waals surface area (Å²) in [5.74, 6) is 0.0121. The fourth-order valence-corrected chi connectivity index (χ4v) is 1.64. The molecule has 0 saturated carbocycles. The van der Waals surface area contributed by atoms with Crippen molar-refractivity contribution in [1.82, 2.24) is 0 Å². The zero-order valence-corrected chi connectivity index (χ0v) is 11.9. The minimum atomic E-state index is 0.0121. The summed E-state index contributed by atoms with van der Waals surface area (Å²) < 4.78 is 15.4. The second-order valence-electron chi connectivity index (χ2n) is 4.40. The molecule has 0 spiro atoms. The van der Waals surface area contributed by atoms with Gasteiger partial charge < -0.3 is 14.2 Å². The molecule has 1 rings (SSSR count). The van der Waals surface area contributed by atoms with Crippen LogP contribution in [0.1, 0.15) is 21.5 Å². The van der Waals surface area contributed by atoms with Crippen LogP contribution < -0.4 is 0 Å². The number of Topliss-reactive ketones (excluding diaryl/α,β-unsaturated/α-hetero) is 1. The summed E-state index contributed by atoms with van der Waals surface area (Å²) in [4.78, 5) is 12.0. The standard InChI is InChI=1S/C15H22O4/c1-12-4-5-13(2)14(10-12)15(16)11-19-9-8-18-7-6-17-3/h4-5,10H,6-9,11H2,1-3H3. The smallest absolute Gasteiger partial charge is 0.188 e. The monoisotopic (exact) mass is 266 g/mol. The molecular weight excluding hydrogens is 244 g/mol. The summed E-state index contributed by atoms with van der Waals surface area (Å²) in [5, 5.41) is 0. The molecule has 1 aromatic carbocycles. The molecule has 0 heterocycles. The second kappa shape index (κ2) is 8.80. The number of carbonyl (C=O) groups is 1. The largest absolute Gasteiger partial charge is 0.382 e. The van der Waals surface area contributed by atoms with Gasteiger partial charge in [-0.05, 0) is 25.5 Å². The number of rotatable bonds is 9. The first kappa shape index (κ1) is 15.8. The number of hydrogen-bond donors (Lipinski definition) is 0. The molecule has 19 heavy (non-hydrogen) atoms. The molecule has 0 radical (unpaired) electrons. The van der Waals surface area contributed by atoms with Crippen molar-refractivity contribution in [2.45, 2.75) is 13.8 Å². The molecule has 0 bridgehead atoms. The van der Waals surface area contributed by atoms with E-state index in [4.69, 9.17) is 14.2 Å². The third-order valence-corrected chi connectivity index (χ3v) is 2.73. The molecule has 0 atom stereocenters. The Morgan fingerprint density at radius 2 is 1.74 bits per heavy atom. The van der Waals surface area contributed by atoms with E-state index in [9.17, 15) is 4.79 Å². The zero-order chi connectivity index (χ0) is 14.1. The predicted molar refractivity (Wildman–Crippen MR) is 73.8 cm³/mol. The summed E-state index contributed by atoms with van der Waals surface area (Å²) in [7, 11) is 1.63. The first-order valence-electron chi connectivity index (χ1n) is 6.40. The van der Waals surface area contributed by atoms with Crippen LogP contribution in [0.3, 0.4) is 0 Å². The highest BCUT2D eigenvalue weighted by Crippen LogP contribution is 2.11. The van der Waals surface area contributed by atoms with Crippen LogP contribution in [0.25, 0.3) is 0 Å². The van der Waals surface area contributed by atoms with Gasteiger partial charge in [0.1, 0.15) is 6.61 Å². The molecule has 4 nitrogen and oxygen atoms in total. The fourth-order valence-electron chi connectivity index (χ4n) is 1.64. The number of ketones is 1. The molecule has 1 aromatic rings. The first-order valence-corrected chi connectivity index (χ1v) is 6.40. The highest BCUT2D eigenvalue weighted by atomic mass is 16.5. The van der Waals surface area contributed by atoms with Crippen LogP contribution in [-0.4, -0.2) is 45.9 Å². The van der Waals surface area contributed by atoms with Gasteiger partial charge in [0.05, 0.1) is 26.4 Å². The number of methoxy groups -OCH3 is 1. The molecule has 0 aromatic heterocycles. The number of carbonyl (C=O) groups excluding carboxylic acids is 1. The molecule has 0 amide bonds. The van der Waals surface area contributed by atoms with Crippen molar-refractivity contribution in [3.63, 3.8) is 0 Å². The van der Waals surface area contributed by atoms with Gasteiger partial charge >= 0.3 is 0 Å². The summed E-state index contributed by atoms with van der Waals surface area (Å²) in [6.45, 7) is 6.01. The van der Waals surface area contributed by atoms with Crippen LogP contribution in [0.15, 0.2) is 18.2 Å². The van der Waals surface area contributed by atoms with Crippen LogP contribution >= 0.6 is 0 Å². The minimum absolute atomic E-state index is 0.0121. The molecule has 106 valence electrons. The molecule has 0 N–H and O–H groups in total. The Labute approximate surface area is 114 Å². The summed E-state index contributed by atoms with van der Waals surface area (Å²) >= 11 is 0. The van der Waals surface area contributed by atoms with Crippen molar-refractivity contribution in [3.8, 4) is 0 Å². The van der Waals surface area contributed by atoms with Crippen molar-refractivity contribution in [3.05, 3.63) is 34.9 Å². The molecule has 0 fully saturated rings. The van der Waals surface area contributed by atoms with Gasteiger partial charge in [-0.15, -0.1) is 0 Å². The van der Waals surface area contributed by atoms with Gasteiger partial charge in [0.15, 0.2) is 5.78 Å². The predicted octanol–water partition coefficient (Wildman–Crippen LogP) is 2.17. The molecule has 0 aliphatic rings. The lowest BCUT2D eigenvalue weighted by molar-refractivity contribution is 0.0253. The quantitative estimate of drug-likeness (QED) is 0.507. The number of ether oxygens (including phenoxy) is 3. The highest BCUT2D eigenvalue weighted by molar-refractivity contribution is 5.98. The zero-order valence-electron chi connectivity index (χ0n) is 11.9. The lowest BCUT2D eigenvalue weighted by Crippen LogP contribution is -2.14. The average molecular weight is 266 g/mol. The van der Waals surface area contributed by atoms with Gasteiger partial charge in [-0.2, -0.15) is 0 Å². The molecular formula is C15H22O4. The van der Waals surface area contributed by atoms with Crippen molar-refractivity contribution in [2.75, 3.05) is 40.1 Å². The van der Waals surface area contributed by atoms with E-state index in [0.29, 0.717) is 26.4 Å². The maximum absolute atomic E-state index is 12.0. The van der Waals surface area contributed by atoms with Crippen LogP contribution in [0.5, 0.6) is 0 Å². The lowest BCUT2D eigenvalue weighted by atomic mass is 10.0. The summed E-state index contributed by atoms with van der Waals surface area (Å²) in [6.07, 6.45) is 0. The van der Waals surface area contributed by atoms with Crippen molar-refractivity contribution in [2.24, 2.45) is 0 Å². The van der Waals surface area contributed by atoms with E-state index in [2.05, 4.69) is 0 Å². The van der Waals surface area contributed by atoms with Gasteiger partial charge in [0.25, 0.3) is 0 Å². The van der Waals surface area contributed by atoms with Gasteiger partial charge in [0, 0.05) is 12.7 Å². The van der Waals surface area contributed by atoms with Crippen LogP contribution in [0.4, 0.5) is 0 Å².